The summed E-state index contributed by atoms with van der Waals surface area (Å²) in [4.78, 5) is 3.56. The summed E-state index contributed by atoms with van der Waals surface area (Å²) in [5, 5.41) is 8.86. The Bertz CT molecular complexity index is 747. The number of H-pyrrole nitrogens is 1. The zero-order valence-electron chi connectivity index (χ0n) is 15.9. The van der Waals surface area contributed by atoms with E-state index in [1.54, 1.807) is 0 Å². The Morgan fingerprint density at radius 2 is 1.92 bits per heavy atom. The molecule has 0 spiro atoms. The SMILES string of the molecule is CCCCNC(=S)NCC[C@@H]1[C@@H](c2c(C)[nH]c3ccccc23)C1(C)C. The zero-order valence-corrected chi connectivity index (χ0v) is 16.7. The molecule has 136 valence electrons. The van der Waals surface area contributed by atoms with Gasteiger partial charge in [0.25, 0.3) is 0 Å². The van der Waals surface area contributed by atoms with Crippen LogP contribution in [0.2, 0.25) is 0 Å². The van der Waals surface area contributed by atoms with Gasteiger partial charge in [-0.15, -0.1) is 0 Å². The Kier molecular flexibility index (Phi) is 5.38. The second-order valence-corrected chi connectivity index (χ2v) is 8.35. The fourth-order valence-electron chi connectivity index (χ4n) is 4.34. The van der Waals surface area contributed by atoms with Crippen molar-refractivity contribution in [3.8, 4) is 0 Å². The topological polar surface area (TPSA) is 39.8 Å². The average molecular weight is 358 g/mol. The highest BCUT2D eigenvalue weighted by molar-refractivity contribution is 7.80. The smallest absolute Gasteiger partial charge is 0.166 e. The summed E-state index contributed by atoms with van der Waals surface area (Å²) in [5.41, 5.74) is 4.46. The number of thiocarbonyl (C=S) groups is 1. The number of hydrogen-bond acceptors (Lipinski definition) is 1. The van der Waals surface area contributed by atoms with Gasteiger partial charge in [-0.1, -0.05) is 45.4 Å². The number of nitrogens with one attached hydrogen (secondary N) is 3. The number of aryl methyl sites for hydroxylation is 1. The standard InChI is InChI=1S/C21H31N3S/c1-5-6-12-22-20(25)23-13-11-16-19(21(16,3)4)18-14(2)24-17-10-8-7-9-15(17)18/h7-10,16,19,24H,5-6,11-13H2,1-4H3,(H2,22,23,25)/t16-,19+/m1/s1. The average Bonchev–Trinajstić information content (AvgIpc) is 2.94. The minimum absolute atomic E-state index is 0.356. The van der Waals surface area contributed by atoms with Gasteiger partial charge in [0, 0.05) is 29.7 Å². The first-order valence-electron chi connectivity index (χ1n) is 9.55. The van der Waals surface area contributed by atoms with Gasteiger partial charge in [0.2, 0.25) is 0 Å². The summed E-state index contributed by atoms with van der Waals surface area (Å²) in [7, 11) is 0. The normalized spacial score (nSPS) is 21.3. The number of aromatic amines is 1. The summed E-state index contributed by atoms with van der Waals surface area (Å²) < 4.78 is 0. The van der Waals surface area contributed by atoms with Crippen LogP contribution in [0.5, 0.6) is 0 Å². The van der Waals surface area contributed by atoms with E-state index in [-0.39, 0.29) is 0 Å². The first-order chi connectivity index (χ1) is 12.0. The summed E-state index contributed by atoms with van der Waals surface area (Å²) in [6, 6.07) is 8.68. The molecule has 3 nitrogen and oxygen atoms in total. The Labute approximate surface area is 157 Å². The molecule has 3 N–H and O–H groups in total. The number of rotatable bonds is 7. The lowest BCUT2D eigenvalue weighted by atomic mass is 10.0. The second-order valence-electron chi connectivity index (χ2n) is 7.94. The molecule has 1 saturated carbocycles. The number of para-hydroxylation sites is 1. The van der Waals surface area contributed by atoms with Crippen LogP contribution in [0.25, 0.3) is 10.9 Å². The molecule has 2 atom stereocenters. The van der Waals surface area contributed by atoms with Crippen molar-refractivity contribution in [1.82, 2.24) is 15.6 Å². The van der Waals surface area contributed by atoms with Gasteiger partial charge in [0.15, 0.2) is 5.11 Å². The van der Waals surface area contributed by atoms with Crippen LogP contribution in [0.15, 0.2) is 24.3 Å². The van der Waals surface area contributed by atoms with Crippen molar-refractivity contribution >= 4 is 28.2 Å². The van der Waals surface area contributed by atoms with Crippen molar-refractivity contribution in [1.29, 1.82) is 0 Å². The van der Waals surface area contributed by atoms with E-state index in [1.807, 2.05) is 0 Å². The quantitative estimate of drug-likeness (QED) is 0.489. The molecule has 4 heteroatoms. The van der Waals surface area contributed by atoms with Crippen LogP contribution in [0.1, 0.15) is 57.2 Å². The summed E-state index contributed by atoms with van der Waals surface area (Å²) in [5.74, 6) is 1.34. The molecule has 0 unspecified atom stereocenters. The Balaban J connectivity index is 1.61. The van der Waals surface area contributed by atoms with E-state index in [4.69, 9.17) is 12.2 Å². The van der Waals surface area contributed by atoms with Crippen LogP contribution >= 0.6 is 12.2 Å². The number of fused-ring (bicyclic) bond motifs is 1. The molecule has 0 aliphatic heterocycles. The van der Waals surface area contributed by atoms with E-state index in [1.165, 1.54) is 35.0 Å². The Morgan fingerprint density at radius 3 is 2.68 bits per heavy atom. The minimum atomic E-state index is 0.356. The predicted octanol–water partition coefficient (Wildman–Crippen LogP) is 4.87. The molecule has 0 bridgehead atoms. The first-order valence-corrected chi connectivity index (χ1v) is 9.96. The lowest BCUT2D eigenvalue weighted by molar-refractivity contribution is 0.527. The maximum absolute atomic E-state index is 5.36. The number of benzene rings is 1. The van der Waals surface area contributed by atoms with Crippen LogP contribution < -0.4 is 10.6 Å². The van der Waals surface area contributed by atoms with Crippen LogP contribution in [-0.2, 0) is 0 Å². The van der Waals surface area contributed by atoms with Crippen molar-refractivity contribution in [2.24, 2.45) is 11.3 Å². The van der Waals surface area contributed by atoms with E-state index < -0.39 is 0 Å². The molecule has 2 aromatic rings. The van der Waals surface area contributed by atoms with Crippen molar-refractivity contribution in [2.45, 2.75) is 52.9 Å². The molecule has 1 aliphatic carbocycles. The lowest BCUT2D eigenvalue weighted by Crippen LogP contribution is -2.36. The molecule has 0 saturated heterocycles. The maximum Gasteiger partial charge on any atom is 0.166 e. The number of hydrogen-bond donors (Lipinski definition) is 3. The van der Waals surface area contributed by atoms with Gasteiger partial charge >= 0.3 is 0 Å². The van der Waals surface area contributed by atoms with Crippen LogP contribution in [-0.4, -0.2) is 23.2 Å². The summed E-state index contributed by atoms with van der Waals surface area (Å²) >= 11 is 5.36. The molecule has 0 amide bonds. The zero-order chi connectivity index (χ0) is 18.0. The third-order valence-corrected chi connectivity index (χ3v) is 6.15. The van der Waals surface area contributed by atoms with E-state index in [2.05, 4.69) is 67.6 Å². The van der Waals surface area contributed by atoms with E-state index in [9.17, 15) is 0 Å². The third-order valence-electron chi connectivity index (χ3n) is 5.86. The second kappa shape index (κ2) is 7.36. The number of unbranched alkanes of at least 4 members (excludes halogenated alkanes) is 1. The highest BCUT2D eigenvalue weighted by atomic mass is 32.1. The molecule has 3 rings (SSSR count). The molecule has 1 aromatic carbocycles. The van der Waals surface area contributed by atoms with Gasteiger partial charge in [-0.05, 0) is 60.9 Å². The summed E-state index contributed by atoms with van der Waals surface area (Å²) in [6.07, 6.45) is 3.52. The largest absolute Gasteiger partial charge is 0.363 e. The van der Waals surface area contributed by atoms with Crippen molar-refractivity contribution < 1.29 is 0 Å². The fourth-order valence-corrected chi connectivity index (χ4v) is 4.54. The Hall–Kier alpha value is -1.55. The minimum Gasteiger partial charge on any atom is -0.363 e. The van der Waals surface area contributed by atoms with Crippen molar-refractivity contribution in [3.05, 3.63) is 35.5 Å². The van der Waals surface area contributed by atoms with Crippen LogP contribution in [0, 0.1) is 18.3 Å². The lowest BCUT2D eigenvalue weighted by Gasteiger charge is -2.10. The van der Waals surface area contributed by atoms with Gasteiger partial charge < -0.3 is 15.6 Å². The molecular formula is C21H31N3S. The fraction of sp³-hybridized carbons (Fsp3) is 0.571. The van der Waals surface area contributed by atoms with Crippen LogP contribution in [0.4, 0.5) is 0 Å². The highest BCUT2D eigenvalue weighted by Crippen LogP contribution is 2.67. The molecule has 1 aromatic heterocycles. The van der Waals surface area contributed by atoms with Crippen molar-refractivity contribution in [3.63, 3.8) is 0 Å². The molecular weight excluding hydrogens is 326 g/mol. The molecule has 25 heavy (non-hydrogen) atoms. The van der Waals surface area contributed by atoms with Crippen molar-refractivity contribution in [2.75, 3.05) is 13.1 Å². The van der Waals surface area contributed by atoms with Gasteiger partial charge in [0.05, 0.1) is 0 Å². The van der Waals surface area contributed by atoms with Crippen LogP contribution in [0.3, 0.4) is 0 Å². The van der Waals surface area contributed by atoms with E-state index in [0.29, 0.717) is 17.3 Å². The molecule has 1 aliphatic rings. The monoisotopic (exact) mass is 357 g/mol. The maximum atomic E-state index is 5.36. The first kappa shape index (κ1) is 18.2. The predicted molar refractivity (Wildman–Crippen MR) is 111 cm³/mol. The van der Waals surface area contributed by atoms with E-state index >= 15 is 0 Å². The third kappa shape index (κ3) is 3.69. The van der Waals surface area contributed by atoms with Gasteiger partial charge in [-0.3, -0.25) is 0 Å². The summed E-state index contributed by atoms with van der Waals surface area (Å²) in [6.45, 7) is 11.1. The molecule has 1 heterocycles. The number of aromatic nitrogens is 1. The van der Waals surface area contributed by atoms with Gasteiger partial charge in [-0.2, -0.15) is 0 Å². The van der Waals surface area contributed by atoms with Gasteiger partial charge in [0.1, 0.15) is 0 Å². The molecule has 0 radical (unpaired) electrons. The molecule has 1 fully saturated rings. The van der Waals surface area contributed by atoms with Gasteiger partial charge in [-0.25, -0.2) is 0 Å². The highest BCUT2D eigenvalue weighted by Gasteiger charge is 2.58. The van der Waals surface area contributed by atoms with E-state index in [0.717, 1.165) is 24.6 Å². The Morgan fingerprint density at radius 1 is 1.20 bits per heavy atom.